The van der Waals surface area contributed by atoms with Crippen molar-refractivity contribution in [3.63, 3.8) is 0 Å². The first kappa shape index (κ1) is 39.8. The van der Waals surface area contributed by atoms with Crippen molar-refractivity contribution in [1.82, 2.24) is 0 Å². The molecule has 0 aliphatic carbocycles. The van der Waals surface area contributed by atoms with Crippen LogP contribution < -0.4 is 0 Å². The molecule has 0 unspecified atom stereocenters. The third-order valence-corrected chi connectivity index (χ3v) is 6.21. The van der Waals surface area contributed by atoms with Crippen molar-refractivity contribution in [3.05, 3.63) is 255 Å². The first-order valence-corrected chi connectivity index (χ1v) is 15.6. The highest BCUT2D eigenvalue weighted by Crippen LogP contribution is 2.01. The molecule has 48 heavy (non-hydrogen) atoms. The summed E-state index contributed by atoms with van der Waals surface area (Å²) in [5.41, 5.74) is 7.04. The van der Waals surface area contributed by atoms with Crippen LogP contribution in [0, 0.1) is 0 Å². The molecule has 0 fully saturated rings. The van der Waals surface area contributed by atoms with E-state index in [1.54, 1.807) is 0 Å². The molecular formula is C48H48. The van der Waals surface area contributed by atoms with Gasteiger partial charge in [-0.15, -0.1) is 0 Å². The molecular weight excluding hydrogens is 577 g/mol. The van der Waals surface area contributed by atoms with Crippen molar-refractivity contribution in [1.29, 1.82) is 0 Å². The van der Waals surface area contributed by atoms with E-state index in [1.807, 2.05) is 218 Å². The monoisotopic (exact) mass is 624 g/mol. The molecule has 0 heterocycles. The standard InChI is InChI=1S/6C8H8/c6*1-2-8-6-4-3-5-7-8/h6*2-7H,1H2. The molecule has 0 radical (unpaired) electrons. The van der Waals surface area contributed by atoms with Gasteiger partial charge in [0.05, 0.1) is 0 Å². The average molecular weight is 625 g/mol. The van der Waals surface area contributed by atoms with Crippen LogP contribution in [-0.2, 0) is 0 Å². The summed E-state index contributed by atoms with van der Waals surface area (Å²) < 4.78 is 0. The molecule has 0 bridgehead atoms. The van der Waals surface area contributed by atoms with Gasteiger partial charge in [0.1, 0.15) is 0 Å². The maximum atomic E-state index is 3.63. The van der Waals surface area contributed by atoms with Gasteiger partial charge >= 0.3 is 0 Å². The molecule has 6 aromatic carbocycles. The van der Waals surface area contributed by atoms with Gasteiger partial charge in [-0.1, -0.05) is 258 Å². The summed E-state index contributed by atoms with van der Waals surface area (Å²) in [5, 5.41) is 0. The summed E-state index contributed by atoms with van der Waals surface area (Å²) in [6, 6.07) is 60.2. The van der Waals surface area contributed by atoms with E-state index < -0.39 is 0 Å². The first-order valence-electron chi connectivity index (χ1n) is 15.6. The van der Waals surface area contributed by atoms with Crippen LogP contribution in [0.3, 0.4) is 0 Å². The van der Waals surface area contributed by atoms with Crippen LogP contribution >= 0.6 is 0 Å². The molecule has 6 aromatic rings. The number of hydrogen-bond donors (Lipinski definition) is 0. The van der Waals surface area contributed by atoms with Crippen molar-refractivity contribution in [2.24, 2.45) is 0 Å². The summed E-state index contributed by atoms with van der Waals surface area (Å²) >= 11 is 0. The average Bonchev–Trinajstić information content (AvgIpc) is 3.21. The van der Waals surface area contributed by atoms with Gasteiger partial charge in [0.2, 0.25) is 0 Å². The van der Waals surface area contributed by atoms with Crippen LogP contribution in [0.2, 0.25) is 0 Å². The van der Waals surface area contributed by atoms with E-state index >= 15 is 0 Å². The molecule has 0 spiro atoms. The zero-order valence-corrected chi connectivity index (χ0v) is 28.0. The minimum atomic E-state index is 1.17. The summed E-state index contributed by atoms with van der Waals surface area (Å²) in [4.78, 5) is 0. The van der Waals surface area contributed by atoms with E-state index in [0.717, 1.165) is 0 Å². The Labute approximate surface area is 290 Å². The van der Waals surface area contributed by atoms with Crippen LogP contribution in [0.15, 0.2) is 221 Å². The smallest absolute Gasteiger partial charge is 0.0263 e. The van der Waals surface area contributed by atoms with Crippen LogP contribution in [0.1, 0.15) is 33.4 Å². The van der Waals surface area contributed by atoms with Crippen molar-refractivity contribution in [2.75, 3.05) is 0 Å². The summed E-state index contributed by atoms with van der Waals surface area (Å²) in [6.07, 6.45) is 11.0. The molecule has 0 aliphatic heterocycles. The summed E-state index contributed by atoms with van der Waals surface area (Å²) in [6.45, 7) is 21.8. The Morgan fingerprint density at radius 3 is 0.354 bits per heavy atom. The maximum absolute atomic E-state index is 3.63. The largest absolute Gasteiger partial charge is 0.0985 e. The Morgan fingerprint density at radius 2 is 0.292 bits per heavy atom. The Balaban J connectivity index is 0.000000288. The number of benzene rings is 6. The molecule has 0 heteroatoms. The number of rotatable bonds is 6. The molecule has 0 saturated heterocycles. The lowest BCUT2D eigenvalue weighted by atomic mass is 10.2. The van der Waals surface area contributed by atoms with Crippen LogP contribution in [0.4, 0.5) is 0 Å². The molecule has 240 valence electrons. The fraction of sp³-hybridized carbons (Fsp3) is 0. The third kappa shape index (κ3) is 20.7. The quantitative estimate of drug-likeness (QED) is 0.173. The van der Waals surface area contributed by atoms with Gasteiger partial charge in [0.15, 0.2) is 0 Å². The van der Waals surface area contributed by atoms with Gasteiger partial charge in [-0.2, -0.15) is 0 Å². The van der Waals surface area contributed by atoms with Crippen LogP contribution in [0.25, 0.3) is 36.5 Å². The Morgan fingerprint density at radius 1 is 0.188 bits per heavy atom. The van der Waals surface area contributed by atoms with E-state index in [2.05, 4.69) is 39.5 Å². The topological polar surface area (TPSA) is 0 Å². The fourth-order valence-electron chi connectivity index (χ4n) is 3.53. The summed E-state index contributed by atoms with van der Waals surface area (Å²) in [5.74, 6) is 0. The molecule has 0 saturated carbocycles. The Bertz CT molecular complexity index is 1310. The van der Waals surface area contributed by atoms with E-state index in [0.29, 0.717) is 0 Å². The summed E-state index contributed by atoms with van der Waals surface area (Å²) in [7, 11) is 0. The molecule has 0 aromatic heterocycles. The van der Waals surface area contributed by atoms with Crippen molar-refractivity contribution in [3.8, 4) is 0 Å². The molecule has 0 nitrogen and oxygen atoms in total. The lowest BCUT2D eigenvalue weighted by molar-refractivity contribution is 1.67. The lowest BCUT2D eigenvalue weighted by Crippen LogP contribution is -1.63. The highest BCUT2D eigenvalue weighted by molar-refractivity contribution is 5.48. The minimum absolute atomic E-state index is 1.17. The third-order valence-electron chi connectivity index (χ3n) is 6.21. The van der Waals surface area contributed by atoms with E-state index in [-0.39, 0.29) is 0 Å². The highest BCUT2D eigenvalue weighted by Gasteiger charge is 1.79. The zero-order valence-electron chi connectivity index (χ0n) is 28.0. The van der Waals surface area contributed by atoms with Gasteiger partial charge in [-0.25, -0.2) is 0 Å². The molecule has 0 aliphatic rings. The maximum Gasteiger partial charge on any atom is -0.0263 e. The fourth-order valence-corrected chi connectivity index (χ4v) is 3.53. The normalized spacial score (nSPS) is 8.50. The highest BCUT2D eigenvalue weighted by atomic mass is 13.9. The Hall–Kier alpha value is -6.24. The van der Waals surface area contributed by atoms with Gasteiger partial charge < -0.3 is 0 Å². The first-order chi connectivity index (χ1) is 23.6. The van der Waals surface area contributed by atoms with Gasteiger partial charge in [0, 0.05) is 0 Å². The predicted octanol–water partition coefficient (Wildman–Crippen LogP) is 14.0. The number of hydrogen-bond acceptors (Lipinski definition) is 0. The zero-order chi connectivity index (χ0) is 34.9. The van der Waals surface area contributed by atoms with E-state index in [4.69, 9.17) is 0 Å². The second-order valence-electron chi connectivity index (χ2n) is 9.69. The second-order valence-corrected chi connectivity index (χ2v) is 9.69. The van der Waals surface area contributed by atoms with E-state index in [9.17, 15) is 0 Å². The van der Waals surface area contributed by atoms with Gasteiger partial charge in [-0.05, 0) is 33.4 Å². The van der Waals surface area contributed by atoms with Crippen molar-refractivity contribution in [2.45, 2.75) is 0 Å². The Kier molecular flexibility index (Phi) is 23.4. The van der Waals surface area contributed by atoms with Gasteiger partial charge in [0.25, 0.3) is 0 Å². The van der Waals surface area contributed by atoms with Crippen molar-refractivity contribution >= 4 is 36.5 Å². The van der Waals surface area contributed by atoms with E-state index in [1.165, 1.54) is 33.4 Å². The van der Waals surface area contributed by atoms with Crippen LogP contribution in [0.5, 0.6) is 0 Å². The lowest BCUT2D eigenvalue weighted by Gasteiger charge is -1.85. The molecule has 0 amide bonds. The molecule has 6 rings (SSSR count). The SMILES string of the molecule is C=Cc1ccccc1.C=Cc1ccccc1.C=Cc1ccccc1.C=Cc1ccccc1.C=Cc1ccccc1.C=Cc1ccccc1. The predicted molar refractivity (Wildman–Crippen MR) is 219 cm³/mol. The molecule has 0 atom stereocenters. The molecule has 0 N–H and O–H groups in total. The van der Waals surface area contributed by atoms with Crippen molar-refractivity contribution < 1.29 is 0 Å². The minimum Gasteiger partial charge on any atom is -0.0985 e. The van der Waals surface area contributed by atoms with Gasteiger partial charge in [-0.3, -0.25) is 0 Å². The second kappa shape index (κ2) is 28.2. The van der Waals surface area contributed by atoms with Crippen LogP contribution in [-0.4, -0.2) is 0 Å².